The first-order chi connectivity index (χ1) is 8.39. The van der Waals surface area contributed by atoms with Crippen LogP contribution in [0.15, 0.2) is 12.1 Å². The maximum Gasteiger partial charge on any atom is 0.190 e. The SMILES string of the molecule is CC(C)(C#N)CCOc1c(F)cc(CBr)cc1F. The summed E-state index contributed by atoms with van der Waals surface area (Å²) in [5.41, 5.74) is -0.0577. The van der Waals surface area contributed by atoms with Gasteiger partial charge in [0.1, 0.15) is 0 Å². The minimum Gasteiger partial charge on any atom is -0.488 e. The zero-order valence-corrected chi connectivity index (χ0v) is 11.9. The molecular weight excluding hydrogens is 304 g/mol. The van der Waals surface area contributed by atoms with Gasteiger partial charge in [-0.05, 0) is 38.0 Å². The summed E-state index contributed by atoms with van der Waals surface area (Å²) < 4.78 is 32.2. The molecular formula is C13H14BrF2NO. The van der Waals surface area contributed by atoms with Gasteiger partial charge in [0.05, 0.1) is 18.1 Å². The predicted octanol–water partition coefficient (Wildman–Crippen LogP) is 4.18. The molecule has 0 spiro atoms. The van der Waals surface area contributed by atoms with E-state index in [9.17, 15) is 8.78 Å². The first kappa shape index (κ1) is 14.9. The Hall–Kier alpha value is -1.15. The lowest BCUT2D eigenvalue weighted by Crippen LogP contribution is -2.14. The average molecular weight is 318 g/mol. The minimum atomic E-state index is -0.723. The molecule has 0 radical (unpaired) electrons. The molecule has 1 aromatic rings. The van der Waals surface area contributed by atoms with Crippen LogP contribution in [0.5, 0.6) is 5.75 Å². The largest absolute Gasteiger partial charge is 0.488 e. The third kappa shape index (κ3) is 3.95. The number of ether oxygens (including phenoxy) is 1. The minimum absolute atomic E-state index is 0.0993. The maximum atomic E-state index is 13.5. The van der Waals surface area contributed by atoms with Crippen LogP contribution in [0.3, 0.4) is 0 Å². The van der Waals surface area contributed by atoms with Gasteiger partial charge in [0.2, 0.25) is 0 Å². The molecule has 0 aliphatic heterocycles. The van der Waals surface area contributed by atoms with E-state index in [-0.39, 0.29) is 12.4 Å². The molecule has 0 amide bonds. The van der Waals surface area contributed by atoms with Crippen molar-refractivity contribution in [3.05, 3.63) is 29.3 Å². The van der Waals surface area contributed by atoms with Crippen LogP contribution < -0.4 is 4.74 Å². The van der Waals surface area contributed by atoms with Crippen molar-refractivity contribution in [1.82, 2.24) is 0 Å². The fraction of sp³-hybridized carbons (Fsp3) is 0.462. The van der Waals surface area contributed by atoms with E-state index in [1.54, 1.807) is 13.8 Å². The fourth-order valence-corrected chi connectivity index (χ4v) is 1.62. The van der Waals surface area contributed by atoms with Crippen molar-refractivity contribution in [2.24, 2.45) is 5.41 Å². The predicted molar refractivity (Wildman–Crippen MR) is 68.5 cm³/mol. The summed E-state index contributed by atoms with van der Waals surface area (Å²) in [5.74, 6) is -1.83. The molecule has 0 aliphatic rings. The summed E-state index contributed by atoms with van der Waals surface area (Å²) in [6.07, 6.45) is 0.405. The summed E-state index contributed by atoms with van der Waals surface area (Å²) in [5, 5.41) is 9.19. The van der Waals surface area contributed by atoms with Crippen molar-refractivity contribution in [3.8, 4) is 11.8 Å². The summed E-state index contributed by atoms with van der Waals surface area (Å²) in [6.45, 7) is 3.59. The molecule has 0 aliphatic carbocycles. The van der Waals surface area contributed by atoms with Crippen molar-refractivity contribution in [3.63, 3.8) is 0 Å². The molecule has 0 N–H and O–H groups in total. The highest BCUT2D eigenvalue weighted by Gasteiger charge is 2.18. The van der Waals surface area contributed by atoms with E-state index in [1.165, 1.54) is 12.1 Å². The van der Waals surface area contributed by atoms with Gasteiger partial charge in [-0.1, -0.05) is 15.9 Å². The molecule has 0 saturated carbocycles. The van der Waals surface area contributed by atoms with Crippen molar-refractivity contribution in [2.75, 3.05) is 6.61 Å². The molecule has 0 bridgehead atoms. The van der Waals surface area contributed by atoms with Crippen LogP contribution in [-0.4, -0.2) is 6.61 Å². The Morgan fingerprint density at radius 2 is 1.89 bits per heavy atom. The van der Waals surface area contributed by atoms with Crippen molar-refractivity contribution < 1.29 is 13.5 Å². The van der Waals surface area contributed by atoms with Crippen molar-refractivity contribution in [1.29, 1.82) is 5.26 Å². The zero-order valence-electron chi connectivity index (χ0n) is 10.3. The summed E-state index contributed by atoms with van der Waals surface area (Å²) >= 11 is 3.13. The fourth-order valence-electron chi connectivity index (χ4n) is 1.29. The Morgan fingerprint density at radius 1 is 1.33 bits per heavy atom. The second-order valence-electron chi connectivity index (χ2n) is 4.62. The molecule has 0 atom stereocenters. The van der Waals surface area contributed by atoms with E-state index < -0.39 is 17.0 Å². The monoisotopic (exact) mass is 317 g/mol. The number of benzene rings is 1. The number of rotatable bonds is 5. The van der Waals surface area contributed by atoms with Crippen LogP contribution in [0.2, 0.25) is 0 Å². The molecule has 18 heavy (non-hydrogen) atoms. The van der Waals surface area contributed by atoms with E-state index >= 15 is 0 Å². The number of hydrogen-bond donors (Lipinski definition) is 0. The highest BCUT2D eigenvalue weighted by atomic mass is 79.9. The van der Waals surface area contributed by atoms with Crippen molar-refractivity contribution >= 4 is 15.9 Å². The standard InChI is InChI=1S/C13H14BrF2NO/c1-13(2,8-17)3-4-18-12-10(15)5-9(7-14)6-11(12)16/h5-6H,3-4,7H2,1-2H3. The third-order valence-corrected chi connectivity index (χ3v) is 3.14. The van der Waals surface area contributed by atoms with Gasteiger partial charge in [-0.25, -0.2) is 8.78 Å². The van der Waals surface area contributed by atoms with Crippen LogP contribution in [0.25, 0.3) is 0 Å². The molecule has 0 aromatic heterocycles. The highest BCUT2D eigenvalue weighted by molar-refractivity contribution is 9.08. The lowest BCUT2D eigenvalue weighted by atomic mass is 9.92. The van der Waals surface area contributed by atoms with E-state index in [0.717, 1.165) is 0 Å². The molecule has 0 heterocycles. The number of hydrogen-bond acceptors (Lipinski definition) is 2. The number of nitriles is 1. The number of nitrogens with zero attached hydrogens (tertiary/aromatic N) is 1. The number of alkyl halides is 1. The molecule has 0 fully saturated rings. The van der Waals surface area contributed by atoms with Gasteiger partial charge in [-0.3, -0.25) is 0 Å². The van der Waals surface area contributed by atoms with Crippen LogP contribution in [0, 0.1) is 28.4 Å². The van der Waals surface area contributed by atoms with Gasteiger partial charge >= 0.3 is 0 Å². The van der Waals surface area contributed by atoms with Crippen LogP contribution in [-0.2, 0) is 5.33 Å². The maximum absolute atomic E-state index is 13.5. The number of halogens is 3. The van der Waals surface area contributed by atoms with Gasteiger partial charge in [0.25, 0.3) is 0 Å². The Morgan fingerprint density at radius 3 is 2.33 bits per heavy atom. The molecule has 0 unspecified atom stereocenters. The zero-order chi connectivity index (χ0) is 13.8. The van der Waals surface area contributed by atoms with Gasteiger partial charge in [0, 0.05) is 5.33 Å². The molecule has 98 valence electrons. The van der Waals surface area contributed by atoms with Gasteiger partial charge in [-0.15, -0.1) is 0 Å². The summed E-state index contributed by atoms with van der Waals surface area (Å²) in [7, 11) is 0. The first-order valence-electron chi connectivity index (χ1n) is 5.47. The Kier molecular flexibility index (Phi) is 5.09. The van der Waals surface area contributed by atoms with Gasteiger partial charge < -0.3 is 4.74 Å². The van der Waals surface area contributed by atoms with Crippen molar-refractivity contribution in [2.45, 2.75) is 25.6 Å². The van der Waals surface area contributed by atoms with Crippen LogP contribution in [0.4, 0.5) is 8.78 Å². The van der Waals surface area contributed by atoms with E-state index in [1.807, 2.05) is 0 Å². The normalized spacial score (nSPS) is 11.1. The van der Waals surface area contributed by atoms with Gasteiger partial charge in [0.15, 0.2) is 17.4 Å². The third-order valence-electron chi connectivity index (χ3n) is 2.49. The van der Waals surface area contributed by atoms with E-state index in [4.69, 9.17) is 10.00 Å². The molecule has 1 aromatic carbocycles. The second-order valence-corrected chi connectivity index (χ2v) is 5.18. The topological polar surface area (TPSA) is 33.0 Å². The smallest absolute Gasteiger partial charge is 0.190 e. The Bertz CT molecular complexity index is 446. The van der Waals surface area contributed by atoms with Gasteiger partial charge in [-0.2, -0.15) is 5.26 Å². The van der Waals surface area contributed by atoms with Crippen LogP contribution >= 0.6 is 15.9 Å². The van der Waals surface area contributed by atoms with E-state index in [0.29, 0.717) is 17.3 Å². The summed E-state index contributed by atoms with van der Waals surface area (Å²) in [6, 6.07) is 4.55. The summed E-state index contributed by atoms with van der Waals surface area (Å²) in [4.78, 5) is 0. The molecule has 1 rings (SSSR count). The Labute approximate surface area is 114 Å². The average Bonchev–Trinajstić information content (AvgIpc) is 2.32. The van der Waals surface area contributed by atoms with Crippen LogP contribution in [0.1, 0.15) is 25.8 Å². The lowest BCUT2D eigenvalue weighted by molar-refractivity contribution is 0.243. The lowest BCUT2D eigenvalue weighted by Gasteiger charge is -2.16. The second kappa shape index (κ2) is 6.14. The first-order valence-corrected chi connectivity index (χ1v) is 6.59. The molecule has 2 nitrogen and oxygen atoms in total. The molecule has 0 saturated heterocycles. The Balaban J connectivity index is 2.72. The van der Waals surface area contributed by atoms with E-state index in [2.05, 4.69) is 22.0 Å². The highest BCUT2D eigenvalue weighted by Crippen LogP contribution is 2.26. The molecule has 5 heteroatoms. The quantitative estimate of drug-likeness (QED) is 0.763.